The number of nitrogens with two attached hydrogens (primary N) is 1. The Morgan fingerprint density at radius 2 is 2.31 bits per heavy atom. The van der Waals surface area contributed by atoms with E-state index in [0.29, 0.717) is 6.54 Å². The van der Waals surface area contributed by atoms with Gasteiger partial charge in [-0.25, -0.2) is 4.98 Å². The molecule has 0 aromatic carbocycles. The summed E-state index contributed by atoms with van der Waals surface area (Å²) < 4.78 is 1.10. The maximum absolute atomic E-state index is 5.73. The van der Waals surface area contributed by atoms with E-state index in [0.717, 1.165) is 16.0 Å². The van der Waals surface area contributed by atoms with Crippen molar-refractivity contribution in [2.45, 2.75) is 19.3 Å². The van der Waals surface area contributed by atoms with Crippen molar-refractivity contribution in [3.63, 3.8) is 0 Å². The monoisotopic (exact) mass is 299 g/mol. The molecule has 0 saturated heterocycles. The number of thiophene rings is 1. The lowest BCUT2D eigenvalue weighted by molar-refractivity contribution is 0.508. The first-order chi connectivity index (χ1) is 7.53. The van der Waals surface area contributed by atoms with Gasteiger partial charge in [0.05, 0.1) is 16.8 Å². The number of nitrogens with zero attached hydrogens (tertiary/aromatic N) is 1. The van der Waals surface area contributed by atoms with Gasteiger partial charge in [0.15, 0.2) is 0 Å². The molecule has 2 aromatic rings. The minimum absolute atomic E-state index is 0.104. The van der Waals surface area contributed by atoms with Gasteiger partial charge in [-0.3, -0.25) is 0 Å². The van der Waals surface area contributed by atoms with E-state index < -0.39 is 0 Å². The molecule has 86 valence electrons. The summed E-state index contributed by atoms with van der Waals surface area (Å²) in [6.07, 6.45) is 1.87. The molecule has 0 atom stereocenters. The highest BCUT2D eigenvalue weighted by molar-refractivity contribution is 9.10. The highest BCUT2D eigenvalue weighted by Crippen LogP contribution is 2.30. The van der Waals surface area contributed by atoms with Gasteiger partial charge in [-0.05, 0) is 22.0 Å². The Hall–Kier alpha value is -0.650. The molecule has 0 radical (unpaired) electrons. The molecule has 0 aliphatic carbocycles. The summed E-state index contributed by atoms with van der Waals surface area (Å²) in [7, 11) is 0. The van der Waals surface area contributed by atoms with Crippen LogP contribution in [0.1, 0.15) is 19.7 Å². The van der Waals surface area contributed by atoms with E-state index >= 15 is 0 Å². The van der Waals surface area contributed by atoms with Crippen LogP contribution < -0.4 is 5.73 Å². The third-order valence-corrected chi connectivity index (χ3v) is 4.28. The fourth-order valence-corrected chi connectivity index (χ4v) is 2.74. The smallest absolute Gasteiger partial charge is 0.113 e. The first-order valence-electron chi connectivity index (χ1n) is 5.03. The van der Waals surface area contributed by atoms with E-state index in [1.807, 2.05) is 6.20 Å². The number of imidazole rings is 1. The summed E-state index contributed by atoms with van der Waals surface area (Å²) in [5.41, 5.74) is 6.67. The molecule has 16 heavy (non-hydrogen) atoms. The molecule has 0 saturated carbocycles. The first-order valence-corrected chi connectivity index (χ1v) is 6.70. The minimum atomic E-state index is -0.104. The van der Waals surface area contributed by atoms with Crippen LogP contribution in [-0.4, -0.2) is 16.5 Å². The second-order valence-electron chi connectivity index (χ2n) is 4.36. The highest BCUT2D eigenvalue weighted by Gasteiger charge is 2.22. The largest absolute Gasteiger partial charge is 0.341 e. The molecule has 0 amide bonds. The minimum Gasteiger partial charge on any atom is -0.341 e. The number of aromatic amines is 1. The van der Waals surface area contributed by atoms with Crippen LogP contribution in [0.4, 0.5) is 0 Å². The normalized spacial score (nSPS) is 12.0. The average Bonchev–Trinajstić information content (AvgIpc) is 2.85. The third kappa shape index (κ3) is 2.21. The van der Waals surface area contributed by atoms with Crippen molar-refractivity contribution in [3.05, 3.63) is 27.9 Å². The van der Waals surface area contributed by atoms with Crippen molar-refractivity contribution in [1.82, 2.24) is 9.97 Å². The van der Waals surface area contributed by atoms with Crippen molar-refractivity contribution in [3.8, 4) is 10.6 Å². The van der Waals surface area contributed by atoms with Gasteiger partial charge in [0, 0.05) is 21.8 Å². The summed E-state index contributed by atoms with van der Waals surface area (Å²) in [6.45, 7) is 4.74. The SMILES string of the molecule is CC(C)(CN)c1ncc(-c2cc(Br)cs2)[nH]1. The molecule has 2 rings (SSSR count). The Morgan fingerprint density at radius 3 is 2.88 bits per heavy atom. The second kappa shape index (κ2) is 4.31. The van der Waals surface area contributed by atoms with Crippen LogP contribution in [0.5, 0.6) is 0 Å². The Morgan fingerprint density at radius 1 is 1.56 bits per heavy atom. The Bertz CT molecular complexity index is 487. The molecule has 0 unspecified atom stereocenters. The molecule has 0 spiro atoms. The molecule has 0 fully saturated rings. The Kier molecular flexibility index (Phi) is 3.19. The molecular weight excluding hydrogens is 286 g/mol. The first kappa shape index (κ1) is 11.8. The van der Waals surface area contributed by atoms with Crippen LogP contribution in [0.15, 0.2) is 22.1 Å². The topological polar surface area (TPSA) is 54.7 Å². The summed E-state index contributed by atoms with van der Waals surface area (Å²) in [6, 6.07) is 2.08. The van der Waals surface area contributed by atoms with E-state index in [1.54, 1.807) is 11.3 Å². The van der Waals surface area contributed by atoms with Gasteiger partial charge in [0.25, 0.3) is 0 Å². The van der Waals surface area contributed by atoms with Crippen molar-refractivity contribution in [2.75, 3.05) is 6.54 Å². The number of halogens is 1. The van der Waals surface area contributed by atoms with Gasteiger partial charge in [-0.1, -0.05) is 13.8 Å². The van der Waals surface area contributed by atoms with Gasteiger partial charge in [-0.15, -0.1) is 11.3 Å². The maximum Gasteiger partial charge on any atom is 0.113 e. The lowest BCUT2D eigenvalue weighted by atomic mass is 9.93. The second-order valence-corrected chi connectivity index (χ2v) is 6.19. The third-order valence-electron chi connectivity index (χ3n) is 2.56. The van der Waals surface area contributed by atoms with Crippen LogP contribution in [0, 0.1) is 0 Å². The molecule has 5 heteroatoms. The standard InChI is InChI=1S/C11H14BrN3S/c1-11(2,6-13)10-14-4-8(15-10)9-3-7(12)5-16-9/h3-5H,6,13H2,1-2H3,(H,14,15). The van der Waals surface area contributed by atoms with Crippen molar-refractivity contribution in [1.29, 1.82) is 0 Å². The van der Waals surface area contributed by atoms with Gasteiger partial charge in [0.1, 0.15) is 5.82 Å². The maximum atomic E-state index is 5.73. The zero-order valence-corrected chi connectivity index (χ0v) is 11.7. The van der Waals surface area contributed by atoms with Crippen molar-refractivity contribution in [2.24, 2.45) is 5.73 Å². The van der Waals surface area contributed by atoms with E-state index in [9.17, 15) is 0 Å². The number of hydrogen-bond donors (Lipinski definition) is 2. The van der Waals surface area contributed by atoms with Crippen molar-refractivity contribution < 1.29 is 0 Å². The molecule has 2 heterocycles. The lowest BCUT2D eigenvalue weighted by Gasteiger charge is -2.18. The van der Waals surface area contributed by atoms with Crippen LogP contribution in [0.3, 0.4) is 0 Å². The fraction of sp³-hybridized carbons (Fsp3) is 0.364. The van der Waals surface area contributed by atoms with Crippen molar-refractivity contribution >= 4 is 27.3 Å². The Labute approximate surface area is 107 Å². The molecule has 0 bridgehead atoms. The average molecular weight is 300 g/mol. The number of aromatic nitrogens is 2. The molecule has 0 aliphatic rings. The van der Waals surface area contributed by atoms with Gasteiger partial charge in [-0.2, -0.15) is 0 Å². The van der Waals surface area contributed by atoms with Crippen LogP contribution >= 0.6 is 27.3 Å². The van der Waals surface area contributed by atoms with Crippen LogP contribution in [-0.2, 0) is 5.41 Å². The van der Waals surface area contributed by atoms with Gasteiger partial charge in [0.2, 0.25) is 0 Å². The summed E-state index contributed by atoms with van der Waals surface area (Å²) in [4.78, 5) is 8.91. The van der Waals surface area contributed by atoms with E-state index in [1.165, 1.54) is 4.88 Å². The zero-order valence-electron chi connectivity index (χ0n) is 9.25. The van der Waals surface area contributed by atoms with Gasteiger partial charge >= 0.3 is 0 Å². The van der Waals surface area contributed by atoms with Crippen LogP contribution in [0.25, 0.3) is 10.6 Å². The van der Waals surface area contributed by atoms with Gasteiger partial charge < -0.3 is 10.7 Å². The number of hydrogen-bond acceptors (Lipinski definition) is 3. The molecular formula is C11H14BrN3S. The number of H-pyrrole nitrogens is 1. The summed E-state index contributed by atoms with van der Waals surface area (Å²) in [5, 5.41) is 2.06. The molecule has 3 N–H and O–H groups in total. The molecule has 2 aromatic heterocycles. The zero-order chi connectivity index (χ0) is 11.8. The number of nitrogens with one attached hydrogen (secondary N) is 1. The lowest BCUT2D eigenvalue weighted by Crippen LogP contribution is -2.29. The predicted octanol–water partition coefficient (Wildman–Crippen LogP) is 3.14. The summed E-state index contributed by atoms with van der Waals surface area (Å²) >= 11 is 5.13. The molecule has 0 aliphatic heterocycles. The predicted molar refractivity (Wildman–Crippen MR) is 71.7 cm³/mol. The van der Waals surface area contributed by atoms with E-state index in [2.05, 4.69) is 51.2 Å². The quantitative estimate of drug-likeness (QED) is 0.915. The Balaban J connectivity index is 2.33. The summed E-state index contributed by atoms with van der Waals surface area (Å²) in [5.74, 6) is 0.939. The van der Waals surface area contributed by atoms with E-state index in [-0.39, 0.29) is 5.41 Å². The highest BCUT2D eigenvalue weighted by atomic mass is 79.9. The van der Waals surface area contributed by atoms with E-state index in [4.69, 9.17) is 5.73 Å². The van der Waals surface area contributed by atoms with Crippen LogP contribution in [0.2, 0.25) is 0 Å². The fourth-order valence-electron chi connectivity index (χ4n) is 1.34. The number of rotatable bonds is 3. The molecule has 3 nitrogen and oxygen atoms in total.